The summed E-state index contributed by atoms with van der Waals surface area (Å²) in [5.74, 6) is 0.542. The molecule has 0 spiro atoms. The zero-order valence-corrected chi connectivity index (χ0v) is 12.3. The van der Waals surface area contributed by atoms with Crippen LogP contribution >= 0.6 is 0 Å². The van der Waals surface area contributed by atoms with Crippen LogP contribution in [-0.2, 0) is 10.2 Å². The monoisotopic (exact) mass is 296 g/mol. The zero-order chi connectivity index (χ0) is 14.8. The minimum atomic E-state index is -3.49. The lowest BCUT2D eigenvalue weighted by Crippen LogP contribution is -2.41. The van der Waals surface area contributed by atoms with Crippen LogP contribution in [0.1, 0.15) is 25.3 Å². The lowest BCUT2D eigenvalue weighted by molar-refractivity contribution is 0.289. The van der Waals surface area contributed by atoms with Gasteiger partial charge >= 0.3 is 10.2 Å². The minimum Gasteiger partial charge on any atom is -0.384 e. The molecule has 0 amide bonds. The Balaban J connectivity index is 2.06. The number of nitrogens with two attached hydrogens (primary N) is 1. The molecule has 0 radical (unpaired) electrons. The maximum atomic E-state index is 12.2. The second kappa shape index (κ2) is 5.80. The van der Waals surface area contributed by atoms with Gasteiger partial charge in [-0.1, -0.05) is 6.92 Å². The van der Waals surface area contributed by atoms with Gasteiger partial charge in [0, 0.05) is 24.3 Å². The number of piperidine rings is 1. The Kier molecular flexibility index (Phi) is 4.29. The number of amidine groups is 1. The van der Waals surface area contributed by atoms with Crippen LogP contribution in [0.5, 0.6) is 0 Å². The topological polar surface area (TPSA) is 99.3 Å². The van der Waals surface area contributed by atoms with E-state index < -0.39 is 10.2 Å². The van der Waals surface area contributed by atoms with E-state index in [1.54, 1.807) is 24.3 Å². The van der Waals surface area contributed by atoms with Gasteiger partial charge in [-0.05, 0) is 43.0 Å². The van der Waals surface area contributed by atoms with E-state index in [-0.39, 0.29) is 5.84 Å². The predicted molar refractivity (Wildman–Crippen MR) is 80.0 cm³/mol. The van der Waals surface area contributed by atoms with Gasteiger partial charge in [0.05, 0.1) is 0 Å². The first-order valence-electron chi connectivity index (χ1n) is 6.61. The highest BCUT2D eigenvalue weighted by molar-refractivity contribution is 7.90. The molecule has 0 aliphatic carbocycles. The number of anilines is 1. The molecule has 7 heteroatoms. The van der Waals surface area contributed by atoms with E-state index >= 15 is 0 Å². The van der Waals surface area contributed by atoms with Crippen molar-refractivity contribution in [3.63, 3.8) is 0 Å². The van der Waals surface area contributed by atoms with Crippen molar-refractivity contribution in [3.05, 3.63) is 29.8 Å². The summed E-state index contributed by atoms with van der Waals surface area (Å²) in [5.41, 5.74) is 6.41. The lowest BCUT2D eigenvalue weighted by atomic mass is 10.0. The SMILES string of the molecule is CC1CCN(S(=O)(=O)Nc2ccc(C(=N)N)cc2)CC1. The molecule has 110 valence electrons. The zero-order valence-electron chi connectivity index (χ0n) is 11.5. The molecule has 2 rings (SSSR count). The molecule has 6 nitrogen and oxygen atoms in total. The van der Waals surface area contributed by atoms with Gasteiger partial charge in [0.25, 0.3) is 0 Å². The quantitative estimate of drug-likeness (QED) is 0.578. The van der Waals surface area contributed by atoms with Crippen LogP contribution in [0.4, 0.5) is 5.69 Å². The molecule has 1 aromatic rings. The molecule has 20 heavy (non-hydrogen) atoms. The first kappa shape index (κ1) is 14.8. The summed E-state index contributed by atoms with van der Waals surface area (Å²) in [6.45, 7) is 3.25. The summed E-state index contributed by atoms with van der Waals surface area (Å²) in [6.07, 6.45) is 1.79. The predicted octanol–water partition coefficient (Wildman–Crippen LogP) is 1.36. The van der Waals surface area contributed by atoms with Crippen LogP contribution < -0.4 is 10.5 Å². The van der Waals surface area contributed by atoms with Gasteiger partial charge < -0.3 is 5.73 Å². The van der Waals surface area contributed by atoms with Gasteiger partial charge in [-0.2, -0.15) is 12.7 Å². The molecule has 1 fully saturated rings. The summed E-state index contributed by atoms with van der Waals surface area (Å²) < 4.78 is 28.5. The Morgan fingerprint density at radius 1 is 1.30 bits per heavy atom. The number of benzene rings is 1. The highest BCUT2D eigenvalue weighted by Crippen LogP contribution is 2.20. The third-order valence-electron chi connectivity index (χ3n) is 3.53. The number of hydrogen-bond donors (Lipinski definition) is 3. The molecule has 1 aliphatic heterocycles. The van der Waals surface area contributed by atoms with Crippen molar-refractivity contribution in [3.8, 4) is 0 Å². The highest BCUT2D eigenvalue weighted by Gasteiger charge is 2.26. The number of nitrogens with one attached hydrogen (secondary N) is 2. The molecule has 0 unspecified atom stereocenters. The van der Waals surface area contributed by atoms with Crippen LogP contribution in [0.3, 0.4) is 0 Å². The van der Waals surface area contributed by atoms with Gasteiger partial charge in [0.1, 0.15) is 5.84 Å². The summed E-state index contributed by atoms with van der Waals surface area (Å²) in [6, 6.07) is 6.47. The molecule has 1 aromatic carbocycles. The lowest BCUT2D eigenvalue weighted by Gasteiger charge is -2.29. The summed E-state index contributed by atoms with van der Waals surface area (Å²) in [4.78, 5) is 0. The second-order valence-corrected chi connectivity index (χ2v) is 6.85. The average Bonchev–Trinajstić information content (AvgIpc) is 2.39. The molecular weight excluding hydrogens is 276 g/mol. The van der Waals surface area contributed by atoms with E-state index in [1.807, 2.05) is 0 Å². The van der Waals surface area contributed by atoms with Crippen molar-refractivity contribution >= 4 is 21.7 Å². The second-order valence-electron chi connectivity index (χ2n) is 5.18. The van der Waals surface area contributed by atoms with Crippen molar-refractivity contribution in [1.29, 1.82) is 5.41 Å². The molecule has 4 N–H and O–H groups in total. The minimum absolute atomic E-state index is 0.0376. The highest BCUT2D eigenvalue weighted by atomic mass is 32.2. The number of rotatable bonds is 4. The van der Waals surface area contributed by atoms with Gasteiger partial charge in [-0.25, -0.2) is 0 Å². The molecule has 0 aromatic heterocycles. The van der Waals surface area contributed by atoms with E-state index in [9.17, 15) is 8.42 Å². The van der Waals surface area contributed by atoms with Crippen molar-refractivity contribution in [1.82, 2.24) is 4.31 Å². The van der Waals surface area contributed by atoms with Gasteiger partial charge in [-0.15, -0.1) is 0 Å². The van der Waals surface area contributed by atoms with Crippen LogP contribution in [0.2, 0.25) is 0 Å². The molecular formula is C13H20N4O2S. The molecule has 0 bridgehead atoms. The Morgan fingerprint density at radius 3 is 2.35 bits per heavy atom. The largest absolute Gasteiger partial charge is 0.384 e. The smallest absolute Gasteiger partial charge is 0.301 e. The third-order valence-corrected chi connectivity index (χ3v) is 5.06. The molecule has 1 saturated heterocycles. The van der Waals surface area contributed by atoms with E-state index in [2.05, 4.69) is 11.6 Å². The molecule has 0 saturated carbocycles. The number of nitrogen functional groups attached to an aromatic ring is 1. The average molecular weight is 296 g/mol. The summed E-state index contributed by atoms with van der Waals surface area (Å²) in [5, 5.41) is 7.30. The first-order chi connectivity index (χ1) is 9.38. The van der Waals surface area contributed by atoms with Gasteiger partial charge in [-0.3, -0.25) is 10.1 Å². The van der Waals surface area contributed by atoms with E-state index in [1.165, 1.54) is 4.31 Å². The van der Waals surface area contributed by atoms with E-state index in [0.717, 1.165) is 12.8 Å². The van der Waals surface area contributed by atoms with Crippen LogP contribution in [0, 0.1) is 11.3 Å². The fourth-order valence-electron chi connectivity index (χ4n) is 2.16. The van der Waals surface area contributed by atoms with Crippen LogP contribution in [-0.4, -0.2) is 31.6 Å². The Morgan fingerprint density at radius 2 is 1.85 bits per heavy atom. The Labute approximate surface area is 119 Å². The fourth-order valence-corrected chi connectivity index (χ4v) is 3.41. The van der Waals surface area contributed by atoms with Crippen molar-refractivity contribution < 1.29 is 8.42 Å². The summed E-state index contributed by atoms with van der Waals surface area (Å²) >= 11 is 0. The van der Waals surface area contributed by atoms with Crippen molar-refractivity contribution in [2.75, 3.05) is 17.8 Å². The molecule has 1 heterocycles. The van der Waals surface area contributed by atoms with Gasteiger partial charge in [0.2, 0.25) is 0 Å². The van der Waals surface area contributed by atoms with Gasteiger partial charge in [0.15, 0.2) is 0 Å². The Hall–Kier alpha value is -1.60. The van der Waals surface area contributed by atoms with Crippen molar-refractivity contribution in [2.45, 2.75) is 19.8 Å². The fraction of sp³-hybridized carbons (Fsp3) is 0.462. The number of hydrogen-bond acceptors (Lipinski definition) is 3. The molecule has 1 aliphatic rings. The number of nitrogens with zero attached hydrogens (tertiary/aromatic N) is 1. The maximum absolute atomic E-state index is 12.2. The van der Waals surface area contributed by atoms with Crippen molar-refractivity contribution in [2.24, 2.45) is 11.7 Å². The maximum Gasteiger partial charge on any atom is 0.301 e. The first-order valence-corrected chi connectivity index (χ1v) is 8.05. The standard InChI is InChI=1S/C13H20N4O2S/c1-10-6-8-17(9-7-10)20(18,19)16-12-4-2-11(3-5-12)13(14)15/h2-5,10,16H,6-9H2,1H3,(H3,14,15). The third kappa shape index (κ3) is 3.49. The summed E-state index contributed by atoms with van der Waals surface area (Å²) in [7, 11) is -3.49. The van der Waals surface area contributed by atoms with E-state index in [4.69, 9.17) is 11.1 Å². The van der Waals surface area contributed by atoms with Crippen LogP contribution in [0.25, 0.3) is 0 Å². The molecule has 0 atom stereocenters. The van der Waals surface area contributed by atoms with Crippen LogP contribution in [0.15, 0.2) is 24.3 Å². The Bertz CT molecular complexity index is 575. The van der Waals surface area contributed by atoms with E-state index in [0.29, 0.717) is 30.3 Å². The normalized spacial score (nSPS) is 17.9.